The van der Waals surface area contributed by atoms with Crippen LogP contribution in [0.3, 0.4) is 0 Å². The molecule has 2 aromatic rings. The first-order valence-corrected chi connectivity index (χ1v) is 9.76. The fourth-order valence-corrected chi connectivity index (χ4v) is 2.77. The number of aryl methyl sites for hydroxylation is 1. The molecule has 1 aromatic heterocycles. The fraction of sp³-hybridized carbons (Fsp3) is 0.333. The van der Waals surface area contributed by atoms with Crippen molar-refractivity contribution in [2.45, 2.75) is 26.8 Å². The summed E-state index contributed by atoms with van der Waals surface area (Å²) in [4.78, 5) is 35.8. The van der Waals surface area contributed by atoms with E-state index in [1.807, 2.05) is 13.8 Å². The van der Waals surface area contributed by atoms with Crippen molar-refractivity contribution >= 4 is 46.8 Å². The monoisotopic (exact) mass is 405 g/mol. The van der Waals surface area contributed by atoms with E-state index in [1.54, 1.807) is 37.3 Å². The summed E-state index contributed by atoms with van der Waals surface area (Å²) < 4.78 is 4.86. The number of carbonyl (C=O) groups is 3. The van der Waals surface area contributed by atoms with Crippen molar-refractivity contribution in [3.8, 4) is 0 Å². The van der Waals surface area contributed by atoms with Crippen molar-refractivity contribution in [3.63, 3.8) is 0 Å². The second kappa shape index (κ2) is 10.4. The minimum atomic E-state index is -0.356. The zero-order valence-corrected chi connectivity index (χ0v) is 16.7. The SMILES string of the molecule is Cc1cc(NC(=O)CSCC(=O)Nc2ccccc2NC(=O)NC(C)C)no1. The topological polar surface area (TPSA) is 125 Å². The molecule has 4 amide bonds. The van der Waals surface area contributed by atoms with Crippen molar-refractivity contribution in [1.82, 2.24) is 10.5 Å². The van der Waals surface area contributed by atoms with Crippen LogP contribution in [0.5, 0.6) is 0 Å². The van der Waals surface area contributed by atoms with Crippen LogP contribution in [0, 0.1) is 6.92 Å². The number of benzene rings is 1. The minimum Gasteiger partial charge on any atom is -0.360 e. The van der Waals surface area contributed by atoms with Crippen LogP contribution in [0.15, 0.2) is 34.9 Å². The van der Waals surface area contributed by atoms with Crippen molar-refractivity contribution in [2.24, 2.45) is 0 Å². The van der Waals surface area contributed by atoms with E-state index >= 15 is 0 Å². The van der Waals surface area contributed by atoms with Crippen LogP contribution >= 0.6 is 11.8 Å². The van der Waals surface area contributed by atoms with Gasteiger partial charge in [-0.2, -0.15) is 0 Å². The van der Waals surface area contributed by atoms with E-state index in [-0.39, 0.29) is 35.4 Å². The molecule has 0 aliphatic carbocycles. The number of para-hydroxylation sites is 2. The van der Waals surface area contributed by atoms with Gasteiger partial charge >= 0.3 is 6.03 Å². The maximum atomic E-state index is 12.2. The van der Waals surface area contributed by atoms with Gasteiger partial charge < -0.3 is 25.8 Å². The fourth-order valence-electron chi connectivity index (χ4n) is 2.15. The zero-order chi connectivity index (χ0) is 20.5. The number of hydrogen-bond acceptors (Lipinski definition) is 6. The number of nitrogens with zero attached hydrogens (tertiary/aromatic N) is 1. The van der Waals surface area contributed by atoms with Gasteiger partial charge in [-0.1, -0.05) is 17.3 Å². The number of rotatable bonds is 8. The lowest BCUT2D eigenvalue weighted by Crippen LogP contribution is -2.34. The predicted molar refractivity (Wildman–Crippen MR) is 110 cm³/mol. The van der Waals surface area contributed by atoms with E-state index in [9.17, 15) is 14.4 Å². The highest BCUT2D eigenvalue weighted by atomic mass is 32.2. The first-order chi connectivity index (χ1) is 13.3. The molecule has 0 saturated carbocycles. The number of aromatic nitrogens is 1. The third kappa shape index (κ3) is 7.31. The van der Waals surface area contributed by atoms with Crippen LogP contribution in [0.2, 0.25) is 0 Å². The van der Waals surface area contributed by atoms with Crippen LogP contribution in [-0.2, 0) is 9.59 Å². The molecule has 0 unspecified atom stereocenters. The van der Waals surface area contributed by atoms with Crippen LogP contribution in [0.1, 0.15) is 19.6 Å². The van der Waals surface area contributed by atoms with E-state index in [0.29, 0.717) is 23.0 Å². The number of thioether (sulfide) groups is 1. The molecule has 0 aliphatic heterocycles. The summed E-state index contributed by atoms with van der Waals surface area (Å²) in [6, 6.07) is 8.13. The summed E-state index contributed by atoms with van der Waals surface area (Å²) in [5, 5.41) is 14.4. The summed E-state index contributed by atoms with van der Waals surface area (Å²) >= 11 is 1.16. The van der Waals surface area contributed by atoms with Crippen molar-refractivity contribution in [1.29, 1.82) is 0 Å². The Balaban J connectivity index is 1.79. The number of urea groups is 1. The van der Waals surface area contributed by atoms with Crippen LogP contribution in [-0.4, -0.2) is 40.5 Å². The highest BCUT2D eigenvalue weighted by molar-refractivity contribution is 8.00. The predicted octanol–water partition coefficient (Wildman–Crippen LogP) is 2.82. The summed E-state index contributed by atoms with van der Waals surface area (Å²) in [7, 11) is 0. The summed E-state index contributed by atoms with van der Waals surface area (Å²) in [6.07, 6.45) is 0. The van der Waals surface area contributed by atoms with E-state index in [2.05, 4.69) is 26.4 Å². The molecule has 0 saturated heterocycles. The Labute approximate surface area is 167 Å². The van der Waals surface area contributed by atoms with Gasteiger partial charge in [0, 0.05) is 12.1 Å². The number of carbonyl (C=O) groups excluding carboxylic acids is 3. The molecule has 2 rings (SSSR count). The Bertz CT molecular complexity index is 837. The molecule has 4 N–H and O–H groups in total. The Morgan fingerprint density at radius 3 is 2.21 bits per heavy atom. The average molecular weight is 405 g/mol. The van der Waals surface area contributed by atoms with Crippen molar-refractivity contribution in [2.75, 3.05) is 27.5 Å². The lowest BCUT2D eigenvalue weighted by atomic mass is 10.2. The second-order valence-corrected chi connectivity index (χ2v) is 7.20. The molecule has 0 aliphatic rings. The van der Waals surface area contributed by atoms with Gasteiger partial charge in [0.25, 0.3) is 0 Å². The third-order valence-corrected chi connectivity index (χ3v) is 4.16. The van der Waals surface area contributed by atoms with Gasteiger partial charge in [0.15, 0.2) is 5.82 Å². The Morgan fingerprint density at radius 2 is 1.64 bits per heavy atom. The largest absolute Gasteiger partial charge is 0.360 e. The van der Waals surface area contributed by atoms with Crippen LogP contribution < -0.4 is 21.3 Å². The molecule has 28 heavy (non-hydrogen) atoms. The molecule has 1 heterocycles. The van der Waals surface area contributed by atoms with Gasteiger partial charge in [-0.25, -0.2) is 4.79 Å². The van der Waals surface area contributed by atoms with Crippen molar-refractivity contribution in [3.05, 3.63) is 36.1 Å². The zero-order valence-electron chi connectivity index (χ0n) is 15.9. The molecule has 0 spiro atoms. The highest BCUT2D eigenvalue weighted by Crippen LogP contribution is 2.21. The molecular formula is C18H23N5O4S. The molecule has 0 bridgehead atoms. The normalized spacial score (nSPS) is 10.4. The lowest BCUT2D eigenvalue weighted by molar-refractivity contribution is -0.114. The number of anilines is 3. The second-order valence-electron chi connectivity index (χ2n) is 6.21. The molecule has 0 atom stereocenters. The Hall–Kier alpha value is -3.01. The van der Waals surface area contributed by atoms with E-state index in [1.165, 1.54) is 0 Å². The molecule has 10 heteroatoms. The average Bonchev–Trinajstić information content (AvgIpc) is 3.00. The Morgan fingerprint density at radius 1 is 1.04 bits per heavy atom. The summed E-state index contributed by atoms with van der Waals surface area (Å²) in [5.74, 6) is 0.546. The summed E-state index contributed by atoms with van der Waals surface area (Å²) in [5.41, 5.74) is 0.965. The number of amides is 4. The Kier molecular flexibility index (Phi) is 7.88. The molecule has 1 aromatic carbocycles. The van der Waals surface area contributed by atoms with Gasteiger partial charge in [0.05, 0.1) is 22.9 Å². The minimum absolute atomic E-state index is 0.00883. The first kappa shape index (κ1) is 21.3. The maximum Gasteiger partial charge on any atom is 0.319 e. The van der Waals surface area contributed by atoms with Gasteiger partial charge in [0.1, 0.15) is 5.76 Å². The smallest absolute Gasteiger partial charge is 0.319 e. The van der Waals surface area contributed by atoms with E-state index < -0.39 is 0 Å². The van der Waals surface area contributed by atoms with Gasteiger partial charge in [-0.05, 0) is 32.9 Å². The van der Waals surface area contributed by atoms with Crippen LogP contribution in [0.25, 0.3) is 0 Å². The number of hydrogen-bond donors (Lipinski definition) is 4. The molecule has 0 radical (unpaired) electrons. The maximum absolute atomic E-state index is 12.2. The van der Waals surface area contributed by atoms with E-state index in [0.717, 1.165) is 11.8 Å². The highest BCUT2D eigenvalue weighted by Gasteiger charge is 2.11. The van der Waals surface area contributed by atoms with Gasteiger partial charge in [0.2, 0.25) is 11.8 Å². The van der Waals surface area contributed by atoms with Crippen molar-refractivity contribution < 1.29 is 18.9 Å². The van der Waals surface area contributed by atoms with Gasteiger partial charge in [-0.15, -0.1) is 11.8 Å². The summed E-state index contributed by atoms with van der Waals surface area (Å²) in [6.45, 7) is 5.43. The standard InChI is InChI=1S/C18H23N5O4S/c1-11(2)19-18(26)21-14-7-5-4-6-13(14)20-16(24)9-28-10-17(25)22-15-8-12(3)27-23-15/h4-8,11H,9-10H2,1-3H3,(H,20,24)(H2,19,21,26)(H,22,23,25). The molecule has 9 nitrogen and oxygen atoms in total. The van der Waals surface area contributed by atoms with Gasteiger partial charge in [-0.3, -0.25) is 9.59 Å². The molecule has 0 fully saturated rings. The molecular weight excluding hydrogens is 382 g/mol. The third-order valence-electron chi connectivity index (χ3n) is 3.23. The quantitative estimate of drug-likeness (QED) is 0.535. The lowest BCUT2D eigenvalue weighted by Gasteiger charge is -2.14. The van der Waals surface area contributed by atoms with E-state index in [4.69, 9.17) is 4.52 Å². The number of nitrogens with one attached hydrogen (secondary N) is 4. The van der Waals surface area contributed by atoms with Crippen LogP contribution in [0.4, 0.5) is 22.0 Å². The molecule has 150 valence electrons. The first-order valence-electron chi connectivity index (χ1n) is 8.61.